The molecule has 0 saturated heterocycles. The molecule has 0 fully saturated rings. The van der Waals surface area contributed by atoms with Crippen LogP contribution >= 0.6 is 0 Å². The minimum absolute atomic E-state index is 0.00440. The Morgan fingerprint density at radius 3 is 2.93 bits per heavy atom. The fraction of sp³-hybridized carbons (Fsp3) is 0.273. The molecule has 0 aromatic heterocycles. The Morgan fingerprint density at radius 1 is 1.47 bits per heavy atom. The predicted octanol–water partition coefficient (Wildman–Crippen LogP) is 1.59. The molecule has 0 spiro atoms. The van der Waals surface area contributed by atoms with Crippen LogP contribution in [0.1, 0.15) is 24.3 Å². The maximum atomic E-state index is 11.3. The van der Waals surface area contributed by atoms with E-state index in [1.54, 1.807) is 6.07 Å². The van der Waals surface area contributed by atoms with Gasteiger partial charge in [0.1, 0.15) is 0 Å². The number of carboxylic acid groups (broad SMARTS) is 1. The lowest BCUT2D eigenvalue weighted by atomic mass is 9.88. The highest BCUT2D eigenvalue weighted by Crippen LogP contribution is 2.33. The molecule has 78 valence electrons. The lowest BCUT2D eigenvalue weighted by Gasteiger charge is -2.24. The summed E-state index contributed by atoms with van der Waals surface area (Å²) >= 11 is 0. The van der Waals surface area contributed by atoms with Crippen LogP contribution in [0.5, 0.6) is 0 Å². The number of carbonyl (C=O) groups is 2. The van der Waals surface area contributed by atoms with Crippen LogP contribution in [0.3, 0.4) is 0 Å². The van der Waals surface area contributed by atoms with Crippen molar-refractivity contribution in [3.8, 4) is 0 Å². The molecule has 1 unspecified atom stereocenters. The van der Waals surface area contributed by atoms with E-state index in [0.29, 0.717) is 0 Å². The topological polar surface area (TPSA) is 66.4 Å². The van der Waals surface area contributed by atoms with Crippen molar-refractivity contribution in [2.75, 3.05) is 5.32 Å². The quantitative estimate of drug-likeness (QED) is 0.770. The number of nitrogens with one attached hydrogen (secondary N) is 1. The maximum Gasteiger partial charge on any atom is 0.303 e. The number of carbonyl (C=O) groups excluding carboxylic acids is 1. The predicted molar refractivity (Wildman–Crippen MR) is 54.7 cm³/mol. The third-order valence-corrected chi connectivity index (χ3v) is 2.53. The maximum absolute atomic E-state index is 11.3. The van der Waals surface area contributed by atoms with Crippen molar-refractivity contribution >= 4 is 17.6 Å². The van der Waals surface area contributed by atoms with Gasteiger partial charge in [-0.1, -0.05) is 18.2 Å². The molecule has 0 saturated carbocycles. The van der Waals surface area contributed by atoms with E-state index in [0.717, 1.165) is 11.3 Å². The number of fused-ring (bicyclic) bond motifs is 1. The van der Waals surface area contributed by atoms with Gasteiger partial charge in [0.15, 0.2) is 0 Å². The first-order chi connectivity index (χ1) is 7.16. The normalized spacial score (nSPS) is 19.2. The van der Waals surface area contributed by atoms with Crippen molar-refractivity contribution in [1.82, 2.24) is 0 Å². The summed E-state index contributed by atoms with van der Waals surface area (Å²) in [7, 11) is 0. The lowest BCUT2D eigenvalue weighted by Crippen LogP contribution is -2.24. The fourth-order valence-corrected chi connectivity index (χ4v) is 1.89. The van der Waals surface area contributed by atoms with E-state index < -0.39 is 5.97 Å². The van der Waals surface area contributed by atoms with Crippen LogP contribution in [0.25, 0.3) is 0 Å². The number of hydrogen-bond acceptors (Lipinski definition) is 2. The van der Waals surface area contributed by atoms with Crippen molar-refractivity contribution < 1.29 is 14.7 Å². The standard InChI is InChI=1S/C11H11NO3/c13-10-5-7(6-11(14)15)8-3-1-2-4-9(8)12-10/h1-4,7H,5-6H2,(H,12,13)(H,14,15). The van der Waals surface area contributed by atoms with Gasteiger partial charge in [-0.05, 0) is 11.6 Å². The van der Waals surface area contributed by atoms with E-state index in [2.05, 4.69) is 5.32 Å². The van der Waals surface area contributed by atoms with Crippen LogP contribution in [-0.2, 0) is 9.59 Å². The number of para-hydroxylation sites is 1. The molecule has 1 aliphatic rings. The van der Waals surface area contributed by atoms with Crippen molar-refractivity contribution in [2.45, 2.75) is 18.8 Å². The summed E-state index contributed by atoms with van der Waals surface area (Å²) in [6.45, 7) is 0. The highest BCUT2D eigenvalue weighted by molar-refractivity contribution is 5.95. The summed E-state index contributed by atoms with van der Waals surface area (Å²) in [5, 5.41) is 11.5. The van der Waals surface area contributed by atoms with Gasteiger partial charge in [-0.15, -0.1) is 0 Å². The van der Waals surface area contributed by atoms with Crippen molar-refractivity contribution in [2.24, 2.45) is 0 Å². The van der Waals surface area contributed by atoms with Crippen molar-refractivity contribution in [3.05, 3.63) is 29.8 Å². The molecule has 1 amide bonds. The molecule has 0 bridgehead atoms. The van der Waals surface area contributed by atoms with Crippen LogP contribution in [0.4, 0.5) is 5.69 Å². The number of anilines is 1. The highest BCUT2D eigenvalue weighted by atomic mass is 16.4. The number of hydrogen-bond donors (Lipinski definition) is 2. The summed E-state index contributed by atoms with van der Waals surface area (Å²) in [6, 6.07) is 7.33. The fourth-order valence-electron chi connectivity index (χ4n) is 1.89. The second-order valence-electron chi connectivity index (χ2n) is 3.63. The molecule has 4 nitrogen and oxygen atoms in total. The van der Waals surface area contributed by atoms with Gasteiger partial charge >= 0.3 is 5.97 Å². The lowest BCUT2D eigenvalue weighted by molar-refractivity contribution is -0.137. The summed E-state index contributed by atoms with van der Waals surface area (Å²) < 4.78 is 0. The zero-order valence-corrected chi connectivity index (χ0v) is 8.06. The molecule has 1 aromatic carbocycles. The summed E-state index contributed by atoms with van der Waals surface area (Å²) in [4.78, 5) is 22.0. The Kier molecular flexibility index (Phi) is 2.41. The SMILES string of the molecule is O=C(O)CC1CC(=O)Nc2ccccc21. The Labute approximate surface area is 86.9 Å². The van der Waals surface area contributed by atoms with Gasteiger partial charge in [-0.2, -0.15) is 0 Å². The third kappa shape index (κ3) is 1.98. The van der Waals surface area contributed by atoms with Crippen LogP contribution in [-0.4, -0.2) is 17.0 Å². The molecule has 0 radical (unpaired) electrons. The van der Waals surface area contributed by atoms with Crippen molar-refractivity contribution in [1.29, 1.82) is 0 Å². The average Bonchev–Trinajstić information content (AvgIpc) is 2.16. The molecular formula is C11H11NO3. The molecule has 2 rings (SSSR count). The molecule has 1 atom stereocenters. The van der Waals surface area contributed by atoms with E-state index in [4.69, 9.17) is 5.11 Å². The first kappa shape index (κ1) is 9.71. The molecule has 2 N–H and O–H groups in total. The first-order valence-electron chi connectivity index (χ1n) is 4.77. The molecule has 1 heterocycles. The van der Waals surface area contributed by atoms with Crippen LogP contribution < -0.4 is 5.32 Å². The second kappa shape index (κ2) is 3.73. The van der Waals surface area contributed by atoms with Crippen molar-refractivity contribution in [3.63, 3.8) is 0 Å². The third-order valence-electron chi connectivity index (χ3n) is 2.53. The van der Waals surface area contributed by atoms with E-state index in [9.17, 15) is 9.59 Å². The Morgan fingerprint density at radius 2 is 2.20 bits per heavy atom. The van der Waals surface area contributed by atoms with Gasteiger partial charge in [0.2, 0.25) is 5.91 Å². The van der Waals surface area contributed by atoms with Crippen LogP contribution in [0, 0.1) is 0 Å². The average molecular weight is 205 g/mol. The zero-order chi connectivity index (χ0) is 10.8. The number of carboxylic acids is 1. The number of rotatable bonds is 2. The van der Waals surface area contributed by atoms with E-state index in [-0.39, 0.29) is 24.7 Å². The van der Waals surface area contributed by atoms with Gasteiger partial charge in [-0.25, -0.2) is 0 Å². The molecule has 0 aliphatic carbocycles. The van der Waals surface area contributed by atoms with Gasteiger partial charge in [0.05, 0.1) is 6.42 Å². The van der Waals surface area contributed by atoms with Gasteiger partial charge in [0, 0.05) is 18.0 Å². The monoisotopic (exact) mass is 205 g/mol. The smallest absolute Gasteiger partial charge is 0.303 e. The number of benzene rings is 1. The Bertz CT molecular complexity index is 414. The first-order valence-corrected chi connectivity index (χ1v) is 4.77. The molecule has 15 heavy (non-hydrogen) atoms. The highest BCUT2D eigenvalue weighted by Gasteiger charge is 2.26. The zero-order valence-electron chi connectivity index (χ0n) is 8.06. The van der Waals surface area contributed by atoms with Gasteiger partial charge < -0.3 is 10.4 Å². The Balaban J connectivity index is 2.33. The second-order valence-corrected chi connectivity index (χ2v) is 3.63. The van der Waals surface area contributed by atoms with Crippen LogP contribution in [0.2, 0.25) is 0 Å². The summed E-state index contributed by atoms with van der Waals surface area (Å²) in [6.07, 6.45) is 0.258. The van der Waals surface area contributed by atoms with E-state index in [1.807, 2.05) is 18.2 Å². The minimum atomic E-state index is -0.871. The molecule has 1 aliphatic heterocycles. The molecule has 1 aromatic rings. The van der Waals surface area contributed by atoms with Gasteiger partial charge in [0.25, 0.3) is 0 Å². The van der Waals surface area contributed by atoms with Crippen LogP contribution in [0.15, 0.2) is 24.3 Å². The van der Waals surface area contributed by atoms with E-state index >= 15 is 0 Å². The molecule has 4 heteroatoms. The minimum Gasteiger partial charge on any atom is -0.481 e. The Hall–Kier alpha value is -1.84. The van der Waals surface area contributed by atoms with E-state index in [1.165, 1.54) is 0 Å². The summed E-state index contributed by atoms with van der Waals surface area (Å²) in [5.41, 5.74) is 1.65. The summed E-state index contributed by atoms with van der Waals surface area (Å²) in [5.74, 6) is -1.18. The molecular weight excluding hydrogens is 194 g/mol. The van der Waals surface area contributed by atoms with Gasteiger partial charge in [-0.3, -0.25) is 9.59 Å². The number of amides is 1. The largest absolute Gasteiger partial charge is 0.481 e. The number of aliphatic carboxylic acids is 1.